The maximum absolute atomic E-state index is 12.3. The first kappa shape index (κ1) is 17.7. The van der Waals surface area contributed by atoms with Crippen LogP contribution in [0.4, 0.5) is 0 Å². The smallest absolute Gasteiger partial charge is 0.317 e. The number of carbonyl (C=O) groups excluding carboxylic acids is 1. The molecular weight excluding hydrogens is 266 g/mol. The van der Waals surface area contributed by atoms with Crippen LogP contribution in [0.25, 0.3) is 0 Å². The Morgan fingerprint density at radius 1 is 1.33 bits per heavy atom. The molecule has 0 saturated carbocycles. The molecule has 4 nitrogen and oxygen atoms in total. The van der Waals surface area contributed by atoms with Crippen molar-refractivity contribution in [2.75, 3.05) is 26.9 Å². The van der Waals surface area contributed by atoms with Gasteiger partial charge in [-0.05, 0) is 25.3 Å². The van der Waals surface area contributed by atoms with E-state index in [2.05, 4.69) is 6.92 Å². The van der Waals surface area contributed by atoms with Crippen molar-refractivity contribution in [3.8, 4) is 0 Å². The van der Waals surface area contributed by atoms with Gasteiger partial charge in [-0.1, -0.05) is 43.2 Å². The van der Waals surface area contributed by atoms with Gasteiger partial charge in [-0.3, -0.25) is 4.79 Å². The Hall–Kier alpha value is -1.39. The number of esters is 1. The lowest BCUT2D eigenvalue weighted by atomic mass is 9.77. The largest absolute Gasteiger partial charge is 0.468 e. The summed E-state index contributed by atoms with van der Waals surface area (Å²) in [4.78, 5) is 12.3. The minimum atomic E-state index is -0.826. The SMILES string of the molecule is CCCCOCCC(CN)(C(=O)OC)c1cccc(C)c1. The Morgan fingerprint density at radius 3 is 2.67 bits per heavy atom. The molecule has 0 saturated heterocycles. The number of hydrogen-bond donors (Lipinski definition) is 1. The van der Waals surface area contributed by atoms with Gasteiger partial charge in [-0.15, -0.1) is 0 Å². The molecule has 21 heavy (non-hydrogen) atoms. The Labute approximate surface area is 127 Å². The van der Waals surface area contributed by atoms with Crippen LogP contribution in [0.15, 0.2) is 24.3 Å². The fourth-order valence-electron chi connectivity index (χ4n) is 2.40. The Bertz CT molecular complexity index is 447. The van der Waals surface area contributed by atoms with Crippen LogP contribution < -0.4 is 5.73 Å². The van der Waals surface area contributed by atoms with Gasteiger partial charge in [-0.2, -0.15) is 0 Å². The maximum atomic E-state index is 12.3. The Balaban J connectivity index is 2.91. The van der Waals surface area contributed by atoms with Crippen LogP contribution in [0.5, 0.6) is 0 Å². The van der Waals surface area contributed by atoms with Crippen molar-refractivity contribution >= 4 is 5.97 Å². The monoisotopic (exact) mass is 293 g/mol. The van der Waals surface area contributed by atoms with E-state index in [9.17, 15) is 4.79 Å². The summed E-state index contributed by atoms with van der Waals surface area (Å²) in [6.07, 6.45) is 2.65. The van der Waals surface area contributed by atoms with Crippen molar-refractivity contribution in [2.45, 2.75) is 38.5 Å². The van der Waals surface area contributed by atoms with Gasteiger partial charge in [0, 0.05) is 19.8 Å². The summed E-state index contributed by atoms with van der Waals surface area (Å²) in [7, 11) is 1.40. The van der Waals surface area contributed by atoms with E-state index >= 15 is 0 Å². The fourth-order valence-corrected chi connectivity index (χ4v) is 2.40. The second-order valence-corrected chi connectivity index (χ2v) is 5.36. The molecule has 1 aromatic rings. The molecule has 0 amide bonds. The lowest BCUT2D eigenvalue weighted by molar-refractivity contribution is -0.148. The second-order valence-electron chi connectivity index (χ2n) is 5.36. The quantitative estimate of drug-likeness (QED) is 0.561. The molecule has 4 heteroatoms. The molecule has 0 aromatic heterocycles. The molecule has 0 aliphatic heterocycles. The lowest BCUT2D eigenvalue weighted by Crippen LogP contribution is -2.44. The fraction of sp³-hybridized carbons (Fsp3) is 0.588. The van der Waals surface area contributed by atoms with Crippen molar-refractivity contribution in [3.05, 3.63) is 35.4 Å². The molecular formula is C17H27NO3. The minimum absolute atomic E-state index is 0.209. The molecule has 0 bridgehead atoms. The number of hydrogen-bond acceptors (Lipinski definition) is 4. The first-order valence-corrected chi connectivity index (χ1v) is 7.54. The van der Waals surface area contributed by atoms with Crippen LogP contribution in [-0.2, 0) is 19.7 Å². The van der Waals surface area contributed by atoms with E-state index in [1.165, 1.54) is 7.11 Å². The van der Waals surface area contributed by atoms with Crippen molar-refractivity contribution in [1.82, 2.24) is 0 Å². The zero-order valence-electron chi connectivity index (χ0n) is 13.4. The van der Waals surface area contributed by atoms with Crippen LogP contribution in [0.1, 0.15) is 37.3 Å². The molecule has 118 valence electrons. The number of ether oxygens (including phenoxy) is 2. The number of aryl methyl sites for hydroxylation is 1. The summed E-state index contributed by atoms with van der Waals surface area (Å²) in [5.41, 5.74) is 7.12. The number of methoxy groups -OCH3 is 1. The summed E-state index contributed by atoms with van der Waals surface area (Å²) < 4.78 is 10.6. The molecule has 1 rings (SSSR count). The zero-order chi connectivity index (χ0) is 15.7. The van der Waals surface area contributed by atoms with Crippen molar-refractivity contribution in [1.29, 1.82) is 0 Å². The van der Waals surface area contributed by atoms with Gasteiger partial charge in [0.05, 0.1) is 7.11 Å². The molecule has 0 aliphatic carbocycles. The first-order chi connectivity index (χ1) is 10.1. The van der Waals surface area contributed by atoms with Crippen molar-refractivity contribution in [2.24, 2.45) is 5.73 Å². The van der Waals surface area contributed by atoms with Gasteiger partial charge >= 0.3 is 5.97 Å². The van der Waals surface area contributed by atoms with Gasteiger partial charge in [0.1, 0.15) is 5.41 Å². The highest BCUT2D eigenvalue weighted by Crippen LogP contribution is 2.29. The first-order valence-electron chi connectivity index (χ1n) is 7.54. The molecule has 1 atom stereocenters. The predicted octanol–water partition coefficient (Wildman–Crippen LogP) is 2.57. The minimum Gasteiger partial charge on any atom is -0.468 e. The maximum Gasteiger partial charge on any atom is 0.317 e. The van der Waals surface area contributed by atoms with Gasteiger partial charge in [0.15, 0.2) is 0 Å². The molecule has 0 fully saturated rings. The number of benzene rings is 1. The molecule has 0 heterocycles. The van der Waals surface area contributed by atoms with Crippen molar-refractivity contribution in [3.63, 3.8) is 0 Å². The zero-order valence-corrected chi connectivity index (χ0v) is 13.4. The van der Waals surface area contributed by atoms with Crippen LogP contribution >= 0.6 is 0 Å². The predicted molar refractivity (Wildman–Crippen MR) is 84.3 cm³/mol. The van der Waals surface area contributed by atoms with Gasteiger partial charge in [-0.25, -0.2) is 0 Å². The molecule has 0 aliphatic rings. The Morgan fingerprint density at radius 2 is 2.10 bits per heavy atom. The highest BCUT2D eigenvalue weighted by atomic mass is 16.5. The van der Waals surface area contributed by atoms with Gasteiger partial charge in [0.2, 0.25) is 0 Å². The van der Waals surface area contributed by atoms with Gasteiger partial charge in [0.25, 0.3) is 0 Å². The van der Waals surface area contributed by atoms with E-state index in [1.807, 2.05) is 31.2 Å². The highest BCUT2D eigenvalue weighted by Gasteiger charge is 2.40. The topological polar surface area (TPSA) is 61.5 Å². The standard InChI is InChI=1S/C17H27NO3/c1-4-5-10-21-11-9-17(13-18,16(19)20-3)15-8-6-7-14(2)12-15/h6-8,12H,4-5,9-11,13,18H2,1-3H3. The molecule has 1 unspecified atom stereocenters. The third kappa shape index (κ3) is 4.55. The number of unbranched alkanes of at least 4 members (excludes halogenated alkanes) is 1. The summed E-state index contributed by atoms with van der Waals surface area (Å²) >= 11 is 0. The average molecular weight is 293 g/mol. The molecule has 1 aromatic carbocycles. The normalized spacial score (nSPS) is 13.7. The van der Waals surface area contributed by atoms with E-state index in [0.717, 1.165) is 24.0 Å². The Kier molecular flexibility index (Phi) is 7.40. The average Bonchev–Trinajstić information content (AvgIpc) is 2.50. The van der Waals surface area contributed by atoms with Crippen molar-refractivity contribution < 1.29 is 14.3 Å². The molecule has 0 spiro atoms. The summed E-state index contributed by atoms with van der Waals surface area (Å²) in [6.45, 7) is 5.54. The highest BCUT2D eigenvalue weighted by molar-refractivity contribution is 5.83. The number of rotatable bonds is 9. The van der Waals surface area contributed by atoms with E-state index in [-0.39, 0.29) is 12.5 Å². The van der Waals surface area contributed by atoms with E-state index in [0.29, 0.717) is 19.6 Å². The summed E-state index contributed by atoms with van der Waals surface area (Å²) in [6, 6.07) is 7.87. The third-order valence-corrected chi connectivity index (χ3v) is 3.81. The van der Waals surface area contributed by atoms with E-state index in [4.69, 9.17) is 15.2 Å². The molecule has 2 N–H and O–H groups in total. The van der Waals surface area contributed by atoms with Crippen LogP contribution in [-0.4, -0.2) is 32.8 Å². The van der Waals surface area contributed by atoms with Crippen LogP contribution in [0.2, 0.25) is 0 Å². The lowest BCUT2D eigenvalue weighted by Gasteiger charge is -2.30. The number of carbonyl (C=O) groups is 1. The second kappa shape index (κ2) is 8.80. The number of nitrogens with two attached hydrogens (primary N) is 1. The van der Waals surface area contributed by atoms with E-state index < -0.39 is 5.41 Å². The van der Waals surface area contributed by atoms with Crippen LogP contribution in [0.3, 0.4) is 0 Å². The third-order valence-electron chi connectivity index (χ3n) is 3.81. The van der Waals surface area contributed by atoms with E-state index in [1.54, 1.807) is 0 Å². The molecule has 0 radical (unpaired) electrons. The van der Waals surface area contributed by atoms with Crippen LogP contribution in [0, 0.1) is 6.92 Å². The summed E-state index contributed by atoms with van der Waals surface area (Å²) in [5.74, 6) is -0.297. The summed E-state index contributed by atoms with van der Waals surface area (Å²) in [5, 5.41) is 0. The van der Waals surface area contributed by atoms with Gasteiger partial charge < -0.3 is 15.2 Å².